The fourth-order valence-corrected chi connectivity index (χ4v) is 3.03. The molecule has 1 rings (SSSR count). The molecule has 2 atom stereocenters. The maximum absolute atomic E-state index is 6.15. The molecule has 0 spiro atoms. The van der Waals surface area contributed by atoms with E-state index >= 15 is 0 Å². The molecular weight excluding hydrogens is 224 g/mol. The van der Waals surface area contributed by atoms with E-state index in [4.69, 9.17) is 10.5 Å². The Morgan fingerprint density at radius 3 is 2.28 bits per heavy atom. The van der Waals surface area contributed by atoms with Crippen molar-refractivity contribution in [1.82, 2.24) is 4.90 Å². The summed E-state index contributed by atoms with van der Waals surface area (Å²) in [6.07, 6.45) is 7.62. The Labute approximate surface area is 113 Å². The van der Waals surface area contributed by atoms with E-state index < -0.39 is 0 Å². The first-order chi connectivity index (χ1) is 8.68. The van der Waals surface area contributed by atoms with E-state index in [1.54, 1.807) is 0 Å². The zero-order chi connectivity index (χ0) is 13.4. The van der Waals surface area contributed by atoms with Crippen LogP contribution in [-0.2, 0) is 4.74 Å². The van der Waals surface area contributed by atoms with E-state index in [0.29, 0.717) is 6.10 Å². The van der Waals surface area contributed by atoms with Gasteiger partial charge in [0.05, 0.1) is 6.10 Å². The first-order valence-corrected chi connectivity index (χ1v) is 7.75. The lowest BCUT2D eigenvalue weighted by atomic mass is 9.84. The zero-order valence-electron chi connectivity index (χ0n) is 12.6. The predicted molar refractivity (Wildman–Crippen MR) is 77.8 cm³/mol. The fraction of sp³-hybridized carbons (Fsp3) is 1.00. The number of hydrogen-bond acceptors (Lipinski definition) is 3. The molecule has 18 heavy (non-hydrogen) atoms. The Balaban J connectivity index is 2.69. The highest BCUT2D eigenvalue weighted by Crippen LogP contribution is 2.30. The normalized spacial score (nSPS) is 28.8. The zero-order valence-corrected chi connectivity index (χ0v) is 12.6. The van der Waals surface area contributed by atoms with Crippen molar-refractivity contribution >= 4 is 0 Å². The van der Waals surface area contributed by atoms with Gasteiger partial charge in [-0.3, -0.25) is 4.90 Å². The van der Waals surface area contributed by atoms with Crippen molar-refractivity contribution in [3.8, 4) is 0 Å². The smallest absolute Gasteiger partial charge is 0.0565 e. The average molecular weight is 256 g/mol. The van der Waals surface area contributed by atoms with Gasteiger partial charge in [0.25, 0.3) is 0 Å². The Morgan fingerprint density at radius 1 is 1.22 bits per heavy atom. The molecule has 0 aromatic heterocycles. The molecule has 2 unspecified atom stereocenters. The third-order valence-corrected chi connectivity index (χ3v) is 4.25. The molecule has 1 heterocycles. The first-order valence-electron chi connectivity index (χ1n) is 7.75. The Morgan fingerprint density at radius 2 is 1.83 bits per heavy atom. The molecule has 0 aromatic carbocycles. The molecule has 3 heteroatoms. The van der Waals surface area contributed by atoms with Gasteiger partial charge in [-0.15, -0.1) is 0 Å². The lowest BCUT2D eigenvalue weighted by Gasteiger charge is -2.48. The molecule has 3 nitrogen and oxygen atoms in total. The minimum atomic E-state index is 0.196. The summed E-state index contributed by atoms with van der Waals surface area (Å²) >= 11 is 0. The summed E-state index contributed by atoms with van der Waals surface area (Å²) in [5, 5.41) is 0. The van der Waals surface area contributed by atoms with Crippen LogP contribution in [0.5, 0.6) is 0 Å². The Hall–Kier alpha value is -0.120. The van der Waals surface area contributed by atoms with E-state index in [2.05, 4.69) is 25.7 Å². The minimum Gasteiger partial charge on any atom is -0.378 e. The number of unbranched alkanes of at least 4 members (excludes halogenated alkanes) is 2. The summed E-state index contributed by atoms with van der Waals surface area (Å²) in [5.74, 6) is 0. The van der Waals surface area contributed by atoms with Crippen LogP contribution in [0, 0.1) is 0 Å². The molecule has 0 radical (unpaired) electrons. The second-order valence-electron chi connectivity index (χ2n) is 5.76. The van der Waals surface area contributed by atoms with Crippen molar-refractivity contribution in [1.29, 1.82) is 0 Å². The number of nitrogens with two attached hydrogens (primary N) is 1. The number of nitrogens with zero attached hydrogens (tertiary/aromatic N) is 1. The highest BCUT2D eigenvalue weighted by Gasteiger charge is 2.38. The van der Waals surface area contributed by atoms with Crippen LogP contribution in [0.15, 0.2) is 0 Å². The number of hydrogen-bond donors (Lipinski definition) is 1. The summed E-state index contributed by atoms with van der Waals surface area (Å²) in [4.78, 5) is 2.67. The second kappa shape index (κ2) is 8.13. The topological polar surface area (TPSA) is 38.5 Å². The van der Waals surface area contributed by atoms with Crippen LogP contribution >= 0.6 is 0 Å². The van der Waals surface area contributed by atoms with Crippen LogP contribution < -0.4 is 5.73 Å². The van der Waals surface area contributed by atoms with Crippen LogP contribution in [0.25, 0.3) is 0 Å². The predicted octanol–water partition coefficient (Wildman–Crippen LogP) is 2.79. The summed E-state index contributed by atoms with van der Waals surface area (Å²) < 4.78 is 5.71. The molecule has 108 valence electrons. The lowest BCUT2D eigenvalue weighted by molar-refractivity contribution is -0.0644. The third-order valence-electron chi connectivity index (χ3n) is 4.25. The van der Waals surface area contributed by atoms with Crippen LogP contribution in [-0.4, -0.2) is 42.8 Å². The van der Waals surface area contributed by atoms with E-state index in [1.807, 2.05) is 0 Å². The van der Waals surface area contributed by atoms with E-state index in [-0.39, 0.29) is 5.54 Å². The van der Waals surface area contributed by atoms with Gasteiger partial charge in [0, 0.05) is 18.7 Å². The number of rotatable bonds is 8. The first kappa shape index (κ1) is 15.9. The lowest BCUT2D eigenvalue weighted by Crippen LogP contribution is -2.58. The van der Waals surface area contributed by atoms with Gasteiger partial charge in [0.15, 0.2) is 0 Å². The fourth-order valence-electron chi connectivity index (χ4n) is 3.03. The van der Waals surface area contributed by atoms with Gasteiger partial charge in [-0.2, -0.15) is 0 Å². The average Bonchev–Trinajstić information content (AvgIpc) is 2.38. The largest absolute Gasteiger partial charge is 0.378 e. The van der Waals surface area contributed by atoms with Crippen LogP contribution in [0.1, 0.15) is 59.3 Å². The minimum absolute atomic E-state index is 0.196. The molecular formula is C15H32N2O. The summed E-state index contributed by atoms with van der Waals surface area (Å²) in [6, 6.07) is 0. The van der Waals surface area contributed by atoms with E-state index in [1.165, 1.54) is 38.8 Å². The summed E-state index contributed by atoms with van der Waals surface area (Å²) in [5.41, 5.74) is 6.34. The molecule has 1 aliphatic rings. The molecule has 0 saturated carbocycles. The van der Waals surface area contributed by atoms with Gasteiger partial charge in [0.1, 0.15) is 0 Å². The van der Waals surface area contributed by atoms with Gasteiger partial charge in [0.2, 0.25) is 0 Å². The molecule has 0 bridgehead atoms. The van der Waals surface area contributed by atoms with Gasteiger partial charge in [-0.05, 0) is 45.7 Å². The van der Waals surface area contributed by atoms with E-state index in [0.717, 1.165) is 26.0 Å². The molecule has 1 saturated heterocycles. The van der Waals surface area contributed by atoms with Gasteiger partial charge < -0.3 is 10.5 Å². The quantitative estimate of drug-likeness (QED) is 0.726. The molecule has 0 amide bonds. The van der Waals surface area contributed by atoms with Crippen molar-refractivity contribution in [2.24, 2.45) is 5.73 Å². The molecule has 0 aliphatic carbocycles. The second-order valence-corrected chi connectivity index (χ2v) is 5.76. The molecule has 1 aliphatic heterocycles. The monoisotopic (exact) mass is 256 g/mol. The molecule has 0 aromatic rings. The standard InChI is InChI=1S/C15H32N2O/c1-4-6-9-17(10-7-5-2)15(13-16)8-11-18-14(3)12-15/h14H,4-13,16H2,1-3H3. The highest BCUT2D eigenvalue weighted by molar-refractivity contribution is 4.95. The summed E-state index contributed by atoms with van der Waals surface area (Å²) in [6.45, 7) is 10.7. The van der Waals surface area contributed by atoms with Crippen molar-refractivity contribution < 1.29 is 4.74 Å². The van der Waals surface area contributed by atoms with Crippen molar-refractivity contribution in [2.75, 3.05) is 26.2 Å². The molecule has 1 fully saturated rings. The third kappa shape index (κ3) is 4.22. The van der Waals surface area contributed by atoms with Gasteiger partial charge in [-0.25, -0.2) is 0 Å². The summed E-state index contributed by atoms with van der Waals surface area (Å²) in [7, 11) is 0. The number of ether oxygens (including phenoxy) is 1. The maximum atomic E-state index is 6.15. The van der Waals surface area contributed by atoms with Gasteiger partial charge >= 0.3 is 0 Å². The van der Waals surface area contributed by atoms with Crippen LogP contribution in [0.4, 0.5) is 0 Å². The Kier molecular flexibility index (Phi) is 7.20. The maximum Gasteiger partial charge on any atom is 0.0565 e. The van der Waals surface area contributed by atoms with Crippen molar-refractivity contribution in [3.63, 3.8) is 0 Å². The van der Waals surface area contributed by atoms with E-state index in [9.17, 15) is 0 Å². The SMILES string of the molecule is CCCCN(CCCC)C1(CN)CCOC(C)C1. The van der Waals surface area contributed by atoms with Crippen molar-refractivity contribution in [2.45, 2.75) is 70.9 Å². The van der Waals surface area contributed by atoms with Crippen LogP contribution in [0.2, 0.25) is 0 Å². The van der Waals surface area contributed by atoms with Gasteiger partial charge in [-0.1, -0.05) is 26.7 Å². The van der Waals surface area contributed by atoms with Crippen LogP contribution in [0.3, 0.4) is 0 Å². The Bertz CT molecular complexity index is 215. The highest BCUT2D eigenvalue weighted by atomic mass is 16.5. The molecule has 2 N–H and O–H groups in total. The van der Waals surface area contributed by atoms with Crippen molar-refractivity contribution in [3.05, 3.63) is 0 Å².